The van der Waals surface area contributed by atoms with Crippen molar-refractivity contribution in [3.8, 4) is 0 Å². The van der Waals surface area contributed by atoms with E-state index in [1.54, 1.807) is 36.5 Å². The first-order chi connectivity index (χ1) is 8.66. The van der Waals surface area contributed by atoms with Crippen molar-refractivity contribution in [2.24, 2.45) is 0 Å². The maximum absolute atomic E-state index is 12.0. The molecule has 1 amide bonds. The lowest BCUT2D eigenvalue weighted by Gasteiger charge is -2.15. The largest absolute Gasteiger partial charge is 0.341 e. The molecule has 0 fully saturated rings. The minimum Gasteiger partial charge on any atom is -0.341 e. The van der Waals surface area contributed by atoms with Crippen molar-refractivity contribution >= 4 is 28.8 Å². The van der Waals surface area contributed by atoms with Crippen molar-refractivity contribution in [3.05, 3.63) is 51.4 Å². The van der Waals surface area contributed by atoms with Gasteiger partial charge in [-0.15, -0.1) is 11.3 Å². The normalized spacial score (nSPS) is 10.3. The van der Waals surface area contributed by atoms with E-state index in [0.29, 0.717) is 15.8 Å². The summed E-state index contributed by atoms with van der Waals surface area (Å²) in [5.41, 5.74) is 1.17. The monoisotopic (exact) mass is 280 g/mol. The Bertz CT molecular complexity index is 527. The maximum atomic E-state index is 12.0. The van der Waals surface area contributed by atoms with Gasteiger partial charge in [-0.1, -0.05) is 11.6 Å². The Morgan fingerprint density at radius 1 is 1.33 bits per heavy atom. The molecule has 2 aromatic heterocycles. The molecule has 18 heavy (non-hydrogen) atoms. The summed E-state index contributed by atoms with van der Waals surface area (Å²) in [6, 6.07) is 7.43. The van der Waals surface area contributed by atoms with E-state index in [1.165, 1.54) is 16.9 Å². The van der Waals surface area contributed by atoms with Gasteiger partial charge < -0.3 is 4.90 Å². The first kappa shape index (κ1) is 13.1. The van der Waals surface area contributed by atoms with Crippen molar-refractivity contribution in [3.63, 3.8) is 0 Å². The van der Waals surface area contributed by atoms with Crippen molar-refractivity contribution in [1.29, 1.82) is 0 Å². The minimum atomic E-state index is 0.0148. The summed E-state index contributed by atoms with van der Waals surface area (Å²) in [7, 11) is 1.80. The molecule has 0 aliphatic heterocycles. The predicted octanol–water partition coefficient (Wildman–Crippen LogP) is 3.11. The van der Waals surface area contributed by atoms with Gasteiger partial charge in [0.15, 0.2) is 0 Å². The predicted molar refractivity (Wildman–Crippen MR) is 74.2 cm³/mol. The molecule has 0 aliphatic carbocycles. The number of pyridine rings is 1. The second kappa shape index (κ2) is 5.98. The molecule has 0 aliphatic rings. The molecule has 3 nitrogen and oxygen atoms in total. The van der Waals surface area contributed by atoms with E-state index in [9.17, 15) is 4.79 Å². The van der Waals surface area contributed by atoms with E-state index in [2.05, 4.69) is 4.98 Å². The number of hydrogen-bond donors (Lipinski definition) is 0. The molecule has 0 bridgehead atoms. The topological polar surface area (TPSA) is 33.2 Å². The Labute approximate surface area is 115 Å². The fraction of sp³-hybridized carbons (Fsp3) is 0.231. The smallest absolute Gasteiger partial charge is 0.263 e. The zero-order valence-electron chi connectivity index (χ0n) is 9.97. The molecule has 2 aromatic rings. The molecule has 0 unspecified atom stereocenters. The molecule has 0 aromatic carbocycles. The van der Waals surface area contributed by atoms with Crippen molar-refractivity contribution in [1.82, 2.24) is 9.88 Å². The molecular formula is C13H13ClN2OS. The van der Waals surface area contributed by atoms with Gasteiger partial charge in [0, 0.05) is 26.0 Å². The van der Waals surface area contributed by atoms with E-state index in [4.69, 9.17) is 11.6 Å². The number of likely N-dealkylation sites (N-methyl/N-ethyl adjacent to an activating group) is 1. The quantitative estimate of drug-likeness (QED) is 0.862. The lowest BCUT2D eigenvalue weighted by atomic mass is 10.2. The highest BCUT2D eigenvalue weighted by atomic mass is 35.5. The third-order valence-corrected chi connectivity index (χ3v) is 3.84. The number of rotatable bonds is 4. The maximum Gasteiger partial charge on any atom is 0.263 e. The second-order valence-electron chi connectivity index (χ2n) is 3.94. The van der Waals surface area contributed by atoms with Crippen LogP contribution in [0, 0.1) is 0 Å². The van der Waals surface area contributed by atoms with E-state index in [-0.39, 0.29) is 5.91 Å². The number of aromatic nitrogens is 1. The summed E-state index contributed by atoms with van der Waals surface area (Å²) >= 11 is 7.13. The molecule has 0 N–H and O–H groups in total. The van der Waals surface area contributed by atoms with Gasteiger partial charge in [0.1, 0.15) is 0 Å². The molecule has 0 saturated carbocycles. The Morgan fingerprint density at radius 3 is 2.67 bits per heavy atom. The fourth-order valence-corrected chi connectivity index (χ4v) is 2.60. The molecule has 0 radical (unpaired) electrons. The third-order valence-electron chi connectivity index (χ3n) is 2.62. The van der Waals surface area contributed by atoms with Crippen LogP contribution >= 0.6 is 22.9 Å². The lowest BCUT2D eigenvalue weighted by molar-refractivity contribution is 0.0801. The van der Waals surface area contributed by atoms with Crippen LogP contribution in [0.5, 0.6) is 0 Å². The van der Waals surface area contributed by atoms with E-state index >= 15 is 0 Å². The first-order valence-electron chi connectivity index (χ1n) is 5.56. The third kappa shape index (κ3) is 3.31. The number of thiophene rings is 1. The van der Waals surface area contributed by atoms with Crippen LogP contribution in [0.15, 0.2) is 36.7 Å². The number of hydrogen-bond acceptors (Lipinski definition) is 3. The highest BCUT2D eigenvalue weighted by Crippen LogP contribution is 2.22. The van der Waals surface area contributed by atoms with Crippen molar-refractivity contribution in [2.75, 3.05) is 13.6 Å². The summed E-state index contributed by atoms with van der Waals surface area (Å²) in [4.78, 5) is 18.4. The number of carbonyl (C=O) groups is 1. The summed E-state index contributed by atoms with van der Waals surface area (Å²) in [6.07, 6.45) is 4.34. The van der Waals surface area contributed by atoms with Gasteiger partial charge in [0.2, 0.25) is 0 Å². The van der Waals surface area contributed by atoms with Crippen LogP contribution in [-0.4, -0.2) is 29.4 Å². The Balaban J connectivity index is 1.92. The van der Waals surface area contributed by atoms with Crippen LogP contribution in [0.2, 0.25) is 4.34 Å². The van der Waals surface area contributed by atoms with Gasteiger partial charge in [-0.25, -0.2) is 0 Å². The van der Waals surface area contributed by atoms with Crippen LogP contribution in [0.4, 0.5) is 0 Å². The van der Waals surface area contributed by atoms with Gasteiger partial charge in [0.05, 0.1) is 9.21 Å². The fourth-order valence-electron chi connectivity index (χ4n) is 1.57. The van der Waals surface area contributed by atoms with E-state index in [1.807, 2.05) is 12.1 Å². The Hall–Kier alpha value is -1.39. The summed E-state index contributed by atoms with van der Waals surface area (Å²) < 4.78 is 0.640. The van der Waals surface area contributed by atoms with Crippen LogP contribution in [0.1, 0.15) is 15.2 Å². The molecule has 2 rings (SSSR count). The molecule has 0 spiro atoms. The SMILES string of the molecule is CN(CCc1ccncc1)C(=O)c1ccc(Cl)s1. The summed E-state index contributed by atoms with van der Waals surface area (Å²) in [5.74, 6) is 0.0148. The average Bonchev–Trinajstić information content (AvgIpc) is 2.83. The highest BCUT2D eigenvalue weighted by molar-refractivity contribution is 7.17. The van der Waals surface area contributed by atoms with Crippen LogP contribution in [0.3, 0.4) is 0 Å². The molecule has 0 atom stereocenters. The van der Waals surface area contributed by atoms with Gasteiger partial charge in [-0.05, 0) is 36.2 Å². The van der Waals surface area contributed by atoms with Gasteiger partial charge >= 0.3 is 0 Å². The second-order valence-corrected chi connectivity index (χ2v) is 5.65. The number of amides is 1. The van der Waals surface area contributed by atoms with Crippen LogP contribution in [-0.2, 0) is 6.42 Å². The molecule has 2 heterocycles. The van der Waals surface area contributed by atoms with Crippen molar-refractivity contribution in [2.45, 2.75) is 6.42 Å². The summed E-state index contributed by atoms with van der Waals surface area (Å²) in [6.45, 7) is 0.679. The van der Waals surface area contributed by atoms with Gasteiger partial charge in [-0.2, -0.15) is 0 Å². The van der Waals surface area contributed by atoms with Crippen molar-refractivity contribution < 1.29 is 4.79 Å². The highest BCUT2D eigenvalue weighted by Gasteiger charge is 2.13. The van der Waals surface area contributed by atoms with Gasteiger partial charge in [0.25, 0.3) is 5.91 Å². The number of carbonyl (C=O) groups excluding carboxylic acids is 1. The number of nitrogens with zero attached hydrogens (tertiary/aromatic N) is 2. The Morgan fingerprint density at radius 2 is 2.06 bits per heavy atom. The molecule has 94 valence electrons. The van der Waals surface area contributed by atoms with Crippen LogP contribution < -0.4 is 0 Å². The standard InChI is InChI=1S/C13H13ClN2OS/c1-16(9-6-10-4-7-15-8-5-10)13(17)11-2-3-12(14)18-11/h2-5,7-8H,6,9H2,1H3. The van der Waals surface area contributed by atoms with Gasteiger partial charge in [-0.3, -0.25) is 9.78 Å². The molecule has 0 saturated heterocycles. The van der Waals surface area contributed by atoms with E-state index < -0.39 is 0 Å². The zero-order valence-corrected chi connectivity index (χ0v) is 11.5. The lowest BCUT2D eigenvalue weighted by Crippen LogP contribution is -2.28. The minimum absolute atomic E-state index is 0.0148. The summed E-state index contributed by atoms with van der Waals surface area (Å²) in [5, 5.41) is 0. The molecular weight excluding hydrogens is 268 g/mol. The average molecular weight is 281 g/mol. The van der Waals surface area contributed by atoms with E-state index in [0.717, 1.165) is 6.42 Å². The molecule has 5 heteroatoms. The Kier molecular flexibility index (Phi) is 4.33. The first-order valence-corrected chi connectivity index (χ1v) is 6.76. The van der Waals surface area contributed by atoms with Crippen LogP contribution in [0.25, 0.3) is 0 Å². The zero-order chi connectivity index (χ0) is 13.0. The number of halogens is 1.